The highest BCUT2D eigenvalue weighted by molar-refractivity contribution is 5.52. The van der Waals surface area contributed by atoms with Gasteiger partial charge in [-0.2, -0.15) is 5.10 Å². The van der Waals surface area contributed by atoms with Gasteiger partial charge in [-0.1, -0.05) is 0 Å². The lowest BCUT2D eigenvalue weighted by atomic mass is 10.0. The van der Waals surface area contributed by atoms with Crippen LogP contribution in [0.1, 0.15) is 22.6 Å². The Morgan fingerprint density at radius 1 is 1.21 bits per heavy atom. The first-order chi connectivity index (χ1) is 13.5. The van der Waals surface area contributed by atoms with Crippen molar-refractivity contribution in [1.29, 1.82) is 0 Å². The number of H-pyrrole nitrogens is 1. The first-order valence-corrected chi connectivity index (χ1v) is 9.36. The van der Waals surface area contributed by atoms with Crippen molar-refractivity contribution in [3.63, 3.8) is 0 Å². The zero-order valence-corrected chi connectivity index (χ0v) is 16.3. The SMILES string of the molecule is Cc1cc(C[C@@H]2CN(c3ncnc(Oc4cccnc4C)c3C)C[C@H]2O)n[nH]1. The fourth-order valence-electron chi connectivity index (χ4n) is 3.60. The number of anilines is 1. The third-order valence-electron chi connectivity index (χ3n) is 5.11. The van der Waals surface area contributed by atoms with Crippen LogP contribution in [0.2, 0.25) is 0 Å². The van der Waals surface area contributed by atoms with Crippen LogP contribution in [0.5, 0.6) is 11.6 Å². The molecule has 1 saturated heterocycles. The molecule has 28 heavy (non-hydrogen) atoms. The Morgan fingerprint density at radius 2 is 2.07 bits per heavy atom. The lowest BCUT2D eigenvalue weighted by Gasteiger charge is -2.20. The number of aliphatic hydroxyl groups is 1. The van der Waals surface area contributed by atoms with Gasteiger partial charge in [-0.05, 0) is 45.4 Å². The van der Waals surface area contributed by atoms with Gasteiger partial charge in [0, 0.05) is 30.9 Å². The van der Waals surface area contributed by atoms with Crippen molar-refractivity contribution in [2.24, 2.45) is 5.92 Å². The molecule has 8 heteroatoms. The van der Waals surface area contributed by atoms with E-state index in [0.717, 1.165) is 34.9 Å². The number of hydrogen-bond donors (Lipinski definition) is 2. The summed E-state index contributed by atoms with van der Waals surface area (Å²) in [7, 11) is 0. The number of aliphatic hydroxyl groups excluding tert-OH is 1. The van der Waals surface area contributed by atoms with E-state index in [1.54, 1.807) is 6.20 Å². The predicted octanol–water partition coefficient (Wildman–Crippen LogP) is 2.35. The van der Waals surface area contributed by atoms with E-state index in [2.05, 4.69) is 30.0 Å². The Balaban J connectivity index is 1.52. The summed E-state index contributed by atoms with van der Waals surface area (Å²) in [5.41, 5.74) is 3.64. The number of pyridine rings is 1. The molecule has 4 rings (SSSR count). The van der Waals surface area contributed by atoms with Gasteiger partial charge in [-0.25, -0.2) is 9.97 Å². The molecular formula is C20H24N6O2. The van der Waals surface area contributed by atoms with E-state index < -0.39 is 6.10 Å². The molecule has 0 amide bonds. The molecule has 3 aromatic heterocycles. The van der Waals surface area contributed by atoms with Crippen molar-refractivity contribution >= 4 is 5.82 Å². The predicted molar refractivity (Wildman–Crippen MR) is 105 cm³/mol. The number of nitrogens with one attached hydrogen (secondary N) is 1. The van der Waals surface area contributed by atoms with Gasteiger partial charge in [0.1, 0.15) is 12.1 Å². The summed E-state index contributed by atoms with van der Waals surface area (Å²) >= 11 is 0. The summed E-state index contributed by atoms with van der Waals surface area (Å²) in [5, 5.41) is 17.8. The summed E-state index contributed by atoms with van der Waals surface area (Å²) < 4.78 is 5.98. The quantitative estimate of drug-likeness (QED) is 0.701. The number of β-amino-alcohol motifs (C(OH)–C–C–N with tert-alkyl or cyclic N) is 1. The lowest BCUT2D eigenvalue weighted by Crippen LogP contribution is -2.23. The molecule has 0 aromatic carbocycles. The second-order valence-corrected chi connectivity index (χ2v) is 7.30. The maximum atomic E-state index is 10.6. The highest BCUT2D eigenvalue weighted by atomic mass is 16.5. The molecule has 1 aliphatic rings. The standard InChI is InChI=1S/C20H24N6O2/c1-12-7-16(25-24-12)8-15-9-26(10-17(15)27)19-13(2)20(23-11-22-19)28-18-5-4-6-21-14(18)3/h4-7,11,15,17,27H,8-10H2,1-3H3,(H,24,25)/t15-,17-/m1/s1. The largest absolute Gasteiger partial charge is 0.437 e. The lowest BCUT2D eigenvalue weighted by molar-refractivity contribution is 0.148. The summed E-state index contributed by atoms with van der Waals surface area (Å²) in [6, 6.07) is 5.72. The van der Waals surface area contributed by atoms with E-state index >= 15 is 0 Å². The number of aromatic nitrogens is 5. The molecule has 2 N–H and O–H groups in total. The van der Waals surface area contributed by atoms with Crippen LogP contribution in [0.25, 0.3) is 0 Å². The van der Waals surface area contributed by atoms with Gasteiger partial charge in [-0.3, -0.25) is 10.1 Å². The van der Waals surface area contributed by atoms with Crippen LogP contribution in [0.4, 0.5) is 5.82 Å². The summed E-state index contributed by atoms with van der Waals surface area (Å²) in [4.78, 5) is 15.1. The molecule has 3 aromatic rings. The van der Waals surface area contributed by atoms with Crippen molar-refractivity contribution in [1.82, 2.24) is 25.1 Å². The van der Waals surface area contributed by atoms with Crippen LogP contribution in [-0.4, -0.2) is 49.4 Å². The number of nitrogens with zero attached hydrogens (tertiary/aromatic N) is 5. The third-order valence-corrected chi connectivity index (χ3v) is 5.11. The maximum absolute atomic E-state index is 10.6. The molecule has 2 atom stereocenters. The van der Waals surface area contributed by atoms with E-state index in [-0.39, 0.29) is 5.92 Å². The molecular weight excluding hydrogens is 356 g/mol. The molecule has 4 heterocycles. The average molecular weight is 380 g/mol. The van der Waals surface area contributed by atoms with Crippen molar-refractivity contribution in [2.75, 3.05) is 18.0 Å². The van der Waals surface area contributed by atoms with Gasteiger partial charge in [0.2, 0.25) is 5.88 Å². The molecule has 8 nitrogen and oxygen atoms in total. The fraction of sp³-hybridized carbons (Fsp3) is 0.400. The number of ether oxygens (including phenoxy) is 1. The molecule has 0 saturated carbocycles. The van der Waals surface area contributed by atoms with Crippen LogP contribution in [-0.2, 0) is 6.42 Å². The second-order valence-electron chi connectivity index (χ2n) is 7.30. The summed E-state index contributed by atoms with van der Waals surface area (Å²) in [6.07, 6.45) is 3.52. The number of rotatable bonds is 5. The fourth-order valence-corrected chi connectivity index (χ4v) is 3.60. The Labute approximate surface area is 163 Å². The van der Waals surface area contributed by atoms with E-state index in [1.165, 1.54) is 6.33 Å². The minimum absolute atomic E-state index is 0.0991. The zero-order chi connectivity index (χ0) is 19.7. The van der Waals surface area contributed by atoms with Crippen LogP contribution in [0.3, 0.4) is 0 Å². The van der Waals surface area contributed by atoms with Gasteiger partial charge in [-0.15, -0.1) is 0 Å². The summed E-state index contributed by atoms with van der Waals surface area (Å²) in [6.45, 7) is 7.04. The number of aryl methyl sites for hydroxylation is 2. The molecule has 1 fully saturated rings. The average Bonchev–Trinajstić information content (AvgIpc) is 3.24. The Kier molecular flexibility index (Phi) is 4.95. The first kappa shape index (κ1) is 18.4. The highest BCUT2D eigenvalue weighted by Gasteiger charge is 2.33. The smallest absolute Gasteiger partial charge is 0.227 e. The maximum Gasteiger partial charge on any atom is 0.227 e. The molecule has 0 radical (unpaired) electrons. The van der Waals surface area contributed by atoms with Crippen LogP contribution in [0.15, 0.2) is 30.7 Å². The molecule has 0 aliphatic carbocycles. The molecule has 0 bridgehead atoms. The molecule has 0 unspecified atom stereocenters. The highest BCUT2D eigenvalue weighted by Crippen LogP contribution is 2.32. The molecule has 0 spiro atoms. The van der Waals surface area contributed by atoms with Gasteiger partial charge in [0.15, 0.2) is 5.75 Å². The van der Waals surface area contributed by atoms with E-state index in [4.69, 9.17) is 4.74 Å². The molecule has 146 valence electrons. The van der Waals surface area contributed by atoms with Crippen LogP contribution < -0.4 is 9.64 Å². The van der Waals surface area contributed by atoms with Crippen molar-refractivity contribution in [3.05, 3.63) is 53.4 Å². The van der Waals surface area contributed by atoms with E-state index in [0.29, 0.717) is 24.7 Å². The minimum Gasteiger partial charge on any atom is -0.437 e. The minimum atomic E-state index is -0.434. The van der Waals surface area contributed by atoms with Crippen molar-refractivity contribution in [3.8, 4) is 11.6 Å². The molecule has 1 aliphatic heterocycles. The van der Waals surface area contributed by atoms with Crippen LogP contribution >= 0.6 is 0 Å². The van der Waals surface area contributed by atoms with Gasteiger partial charge >= 0.3 is 0 Å². The Morgan fingerprint density at radius 3 is 2.82 bits per heavy atom. The van der Waals surface area contributed by atoms with E-state index in [9.17, 15) is 5.11 Å². The van der Waals surface area contributed by atoms with Gasteiger partial charge < -0.3 is 14.7 Å². The third kappa shape index (κ3) is 3.68. The topological polar surface area (TPSA) is 100 Å². The van der Waals surface area contributed by atoms with Crippen LogP contribution in [0, 0.1) is 26.7 Å². The Bertz CT molecular complexity index is 973. The van der Waals surface area contributed by atoms with Crippen molar-refractivity contribution < 1.29 is 9.84 Å². The zero-order valence-electron chi connectivity index (χ0n) is 16.3. The van der Waals surface area contributed by atoms with Crippen molar-refractivity contribution in [2.45, 2.75) is 33.3 Å². The second kappa shape index (κ2) is 7.55. The Hall–Kier alpha value is -3.00. The first-order valence-electron chi connectivity index (χ1n) is 9.36. The van der Waals surface area contributed by atoms with E-state index in [1.807, 2.05) is 39.0 Å². The van der Waals surface area contributed by atoms with Gasteiger partial charge in [0.05, 0.1) is 23.1 Å². The van der Waals surface area contributed by atoms with Gasteiger partial charge in [0.25, 0.3) is 0 Å². The number of aromatic amines is 1. The normalized spacial score (nSPS) is 19.2. The monoisotopic (exact) mass is 380 g/mol. The summed E-state index contributed by atoms with van der Waals surface area (Å²) in [5.74, 6) is 2.05. The number of hydrogen-bond acceptors (Lipinski definition) is 7.